The van der Waals surface area contributed by atoms with Gasteiger partial charge in [-0.3, -0.25) is 4.79 Å². The fourth-order valence-electron chi connectivity index (χ4n) is 3.01. The number of aliphatic imine (C=N–C) groups is 1. The summed E-state index contributed by atoms with van der Waals surface area (Å²) in [6.45, 7) is 0. The van der Waals surface area contributed by atoms with Gasteiger partial charge in [0.15, 0.2) is 5.17 Å². The SMILES string of the molecule is O=C1NC(=Nc2ccccc2Cl)SC1C1CCCCCC1. The molecule has 1 saturated heterocycles. The first-order valence-electron chi connectivity index (χ1n) is 7.55. The van der Waals surface area contributed by atoms with Gasteiger partial charge >= 0.3 is 0 Å². The molecule has 3 rings (SSSR count). The molecule has 3 nitrogen and oxygen atoms in total. The Balaban J connectivity index is 1.73. The zero-order chi connectivity index (χ0) is 14.7. The van der Waals surface area contributed by atoms with Gasteiger partial charge in [-0.05, 0) is 30.9 Å². The molecule has 1 saturated carbocycles. The Bertz CT molecular complexity index is 553. The summed E-state index contributed by atoms with van der Waals surface area (Å²) >= 11 is 7.69. The molecule has 0 bridgehead atoms. The second-order valence-corrected chi connectivity index (χ2v) is 7.19. The number of para-hydroxylation sites is 1. The number of hydrogen-bond acceptors (Lipinski definition) is 3. The van der Waals surface area contributed by atoms with E-state index in [4.69, 9.17) is 11.6 Å². The Labute approximate surface area is 134 Å². The molecule has 5 heteroatoms. The third kappa shape index (κ3) is 3.61. The third-order valence-corrected chi connectivity index (χ3v) is 5.72. The van der Waals surface area contributed by atoms with E-state index >= 15 is 0 Å². The summed E-state index contributed by atoms with van der Waals surface area (Å²) in [5.74, 6) is 0.592. The number of nitrogens with zero attached hydrogens (tertiary/aromatic N) is 1. The van der Waals surface area contributed by atoms with Crippen molar-refractivity contribution in [3.8, 4) is 0 Å². The van der Waals surface area contributed by atoms with Crippen LogP contribution < -0.4 is 5.32 Å². The van der Waals surface area contributed by atoms with Crippen molar-refractivity contribution in [2.75, 3.05) is 0 Å². The predicted octanol–water partition coefficient (Wildman–Crippen LogP) is 4.53. The lowest BCUT2D eigenvalue weighted by Crippen LogP contribution is -2.29. The van der Waals surface area contributed by atoms with Crippen LogP contribution in [0.4, 0.5) is 5.69 Å². The largest absolute Gasteiger partial charge is 0.304 e. The normalized spacial score (nSPS) is 25.9. The fourth-order valence-corrected chi connectivity index (χ4v) is 4.37. The van der Waals surface area contributed by atoms with Gasteiger partial charge in [-0.2, -0.15) is 0 Å². The van der Waals surface area contributed by atoms with Crippen LogP contribution in [0, 0.1) is 5.92 Å². The summed E-state index contributed by atoms with van der Waals surface area (Å²) in [6, 6.07) is 7.45. The lowest BCUT2D eigenvalue weighted by molar-refractivity contribution is -0.119. The van der Waals surface area contributed by atoms with E-state index < -0.39 is 0 Å². The minimum atomic E-state index is 0.0179. The van der Waals surface area contributed by atoms with Crippen molar-refractivity contribution in [3.63, 3.8) is 0 Å². The Morgan fingerprint density at radius 3 is 2.57 bits per heavy atom. The van der Waals surface area contributed by atoms with E-state index in [1.54, 1.807) is 11.8 Å². The highest BCUT2D eigenvalue weighted by atomic mass is 35.5. The maximum absolute atomic E-state index is 12.2. The molecule has 2 fully saturated rings. The molecule has 1 aromatic carbocycles. The van der Waals surface area contributed by atoms with E-state index in [-0.39, 0.29) is 11.2 Å². The van der Waals surface area contributed by atoms with E-state index in [2.05, 4.69) is 10.3 Å². The summed E-state index contributed by atoms with van der Waals surface area (Å²) < 4.78 is 0. The summed E-state index contributed by atoms with van der Waals surface area (Å²) in [5, 5.41) is 4.22. The monoisotopic (exact) mass is 322 g/mol. The van der Waals surface area contributed by atoms with Crippen molar-refractivity contribution in [2.45, 2.75) is 43.8 Å². The maximum Gasteiger partial charge on any atom is 0.239 e. The van der Waals surface area contributed by atoms with Gasteiger partial charge < -0.3 is 5.32 Å². The summed E-state index contributed by atoms with van der Waals surface area (Å²) in [5.41, 5.74) is 0.712. The van der Waals surface area contributed by atoms with Crippen molar-refractivity contribution in [1.82, 2.24) is 5.32 Å². The van der Waals surface area contributed by atoms with Gasteiger partial charge in [-0.25, -0.2) is 4.99 Å². The van der Waals surface area contributed by atoms with Crippen molar-refractivity contribution in [1.29, 1.82) is 0 Å². The molecular weight excluding hydrogens is 304 g/mol. The predicted molar refractivity (Wildman–Crippen MR) is 89.3 cm³/mol. The van der Waals surface area contributed by atoms with Crippen molar-refractivity contribution in [3.05, 3.63) is 29.3 Å². The fraction of sp³-hybridized carbons (Fsp3) is 0.500. The maximum atomic E-state index is 12.2. The smallest absolute Gasteiger partial charge is 0.239 e. The third-order valence-electron chi connectivity index (χ3n) is 4.13. The Kier molecular flexibility index (Phi) is 4.86. The van der Waals surface area contributed by atoms with Gasteiger partial charge in [0.05, 0.1) is 16.0 Å². The van der Waals surface area contributed by atoms with Crippen LogP contribution in [-0.2, 0) is 4.79 Å². The number of carbonyl (C=O) groups is 1. The number of nitrogens with one attached hydrogen (secondary N) is 1. The van der Waals surface area contributed by atoms with Crippen molar-refractivity contribution >= 4 is 40.1 Å². The molecule has 2 aliphatic rings. The molecule has 1 heterocycles. The van der Waals surface area contributed by atoms with Crippen LogP contribution in [0.15, 0.2) is 29.3 Å². The van der Waals surface area contributed by atoms with Gasteiger partial charge in [0.2, 0.25) is 5.91 Å². The number of halogens is 1. The molecule has 1 unspecified atom stereocenters. The highest BCUT2D eigenvalue weighted by molar-refractivity contribution is 8.15. The average molecular weight is 323 g/mol. The first kappa shape index (κ1) is 14.9. The first-order valence-corrected chi connectivity index (χ1v) is 8.80. The molecule has 1 aromatic rings. The van der Waals surface area contributed by atoms with Crippen molar-refractivity contribution in [2.24, 2.45) is 10.9 Å². The Morgan fingerprint density at radius 2 is 1.86 bits per heavy atom. The molecule has 1 aliphatic carbocycles. The van der Waals surface area contributed by atoms with Crippen LogP contribution >= 0.6 is 23.4 Å². The molecule has 0 spiro atoms. The van der Waals surface area contributed by atoms with E-state index in [0.29, 0.717) is 21.8 Å². The van der Waals surface area contributed by atoms with Crippen LogP contribution in [0.1, 0.15) is 38.5 Å². The molecule has 1 amide bonds. The zero-order valence-electron chi connectivity index (χ0n) is 11.8. The lowest BCUT2D eigenvalue weighted by Gasteiger charge is -2.17. The highest BCUT2D eigenvalue weighted by Crippen LogP contribution is 2.36. The van der Waals surface area contributed by atoms with Gasteiger partial charge in [-0.1, -0.05) is 61.2 Å². The van der Waals surface area contributed by atoms with Gasteiger partial charge in [0.25, 0.3) is 0 Å². The number of hydrogen-bond donors (Lipinski definition) is 1. The molecule has 0 radical (unpaired) electrons. The molecule has 0 aromatic heterocycles. The first-order chi connectivity index (χ1) is 10.2. The van der Waals surface area contributed by atoms with E-state index in [9.17, 15) is 4.79 Å². The zero-order valence-corrected chi connectivity index (χ0v) is 13.4. The van der Waals surface area contributed by atoms with E-state index in [0.717, 1.165) is 12.8 Å². The van der Waals surface area contributed by atoms with Crippen LogP contribution in [0.2, 0.25) is 5.02 Å². The molecule has 112 valence electrons. The average Bonchev–Trinajstić information content (AvgIpc) is 2.68. The van der Waals surface area contributed by atoms with Crippen LogP contribution in [0.5, 0.6) is 0 Å². The minimum Gasteiger partial charge on any atom is -0.304 e. The summed E-state index contributed by atoms with van der Waals surface area (Å²) in [6.07, 6.45) is 7.40. The Morgan fingerprint density at radius 1 is 1.14 bits per heavy atom. The molecule has 1 aliphatic heterocycles. The second kappa shape index (κ2) is 6.84. The van der Waals surface area contributed by atoms with Gasteiger partial charge in [0, 0.05) is 0 Å². The topological polar surface area (TPSA) is 41.5 Å². The number of thioether (sulfide) groups is 1. The minimum absolute atomic E-state index is 0.0179. The number of amidine groups is 1. The lowest BCUT2D eigenvalue weighted by atomic mass is 9.96. The number of rotatable bonds is 2. The Hall–Kier alpha value is -1.000. The van der Waals surface area contributed by atoms with Crippen molar-refractivity contribution < 1.29 is 4.79 Å². The van der Waals surface area contributed by atoms with E-state index in [1.165, 1.54) is 25.7 Å². The van der Waals surface area contributed by atoms with Gasteiger partial charge in [0.1, 0.15) is 0 Å². The summed E-state index contributed by atoms with van der Waals surface area (Å²) in [4.78, 5) is 16.7. The van der Waals surface area contributed by atoms with E-state index in [1.807, 2.05) is 24.3 Å². The number of benzene rings is 1. The number of carbonyl (C=O) groups excluding carboxylic acids is 1. The summed E-state index contributed by atoms with van der Waals surface area (Å²) in [7, 11) is 0. The van der Waals surface area contributed by atoms with Crippen LogP contribution in [0.25, 0.3) is 0 Å². The molecule has 21 heavy (non-hydrogen) atoms. The quantitative estimate of drug-likeness (QED) is 0.813. The van der Waals surface area contributed by atoms with Crippen LogP contribution in [-0.4, -0.2) is 16.3 Å². The second-order valence-electron chi connectivity index (χ2n) is 5.65. The number of amides is 1. The molecular formula is C16H19ClN2OS. The highest BCUT2D eigenvalue weighted by Gasteiger charge is 2.36. The molecule has 1 N–H and O–H groups in total. The standard InChI is InChI=1S/C16H19ClN2OS/c17-12-9-5-6-10-13(12)18-16-19-15(20)14(21-16)11-7-3-1-2-4-8-11/h5-6,9-11,14H,1-4,7-8H2,(H,18,19,20). The van der Waals surface area contributed by atoms with Gasteiger partial charge in [-0.15, -0.1) is 0 Å². The van der Waals surface area contributed by atoms with Crippen LogP contribution in [0.3, 0.4) is 0 Å². The molecule has 1 atom stereocenters.